The number of hydrogen-bond donors (Lipinski definition) is 1. The summed E-state index contributed by atoms with van der Waals surface area (Å²) in [7, 11) is 1.71. The number of aliphatic hydroxyl groups is 1. The molecule has 2 heterocycles. The van der Waals surface area contributed by atoms with Gasteiger partial charge in [0.2, 0.25) is 5.90 Å². The van der Waals surface area contributed by atoms with Gasteiger partial charge in [-0.15, -0.1) is 5.10 Å². The van der Waals surface area contributed by atoms with E-state index in [1.54, 1.807) is 25.5 Å². The Morgan fingerprint density at radius 1 is 1.00 bits per heavy atom. The smallest absolute Gasteiger partial charge is 0.238 e. The molecule has 0 saturated carbocycles. The molecule has 1 fully saturated rings. The molecule has 2 aliphatic rings. The number of allylic oxidation sites excluding steroid dienone is 2. The first-order valence-electron chi connectivity index (χ1n) is 13.9. The van der Waals surface area contributed by atoms with Gasteiger partial charge in [0.05, 0.1) is 13.3 Å². The first kappa shape index (κ1) is 29.4. The first-order valence-corrected chi connectivity index (χ1v) is 13.9. The molecule has 0 spiro atoms. The Balaban J connectivity index is 0.00000370. The molecule has 0 bridgehead atoms. The van der Waals surface area contributed by atoms with Gasteiger partial charge in [0.15, 0.2) is 0 Å². The van der Waals surface area contributed by atoms with Crippen molar-refractivity contribution in [1.29, 1.82) is 0 Å². The van der Waals surface area contributed by atoms with Gasteiger partial charge < -0.3 is 19.6 Å². The second-order valence-electron chi connectivity index (χ2n) is 10.5. The molecule has 40 heavy (non-hydrogen) atoms. The van der Waals surface area contributed by atoms with E-state index in [4.69, 9.17) is 4.74 Å². The molecule has 3 aromatic rings. The number of methoxy groups -OCH3 is 1. The summed E-state index contributed by atoms with van der Waals surface area (Å²) in [6, 6.07) is 24.7. The van der Waals surface area contributed by atoms with Crippen LogP contribution < -0.4 is 14.5 Å². The minimum absolute atomic E-state index is 0. The summed E-state index contributed by atoms with van der Waals surface area (Å²) in [6.07, 6.45) is 8.42. The molecule has 5 rings (SSSR count). The van der Waals surface area contributed by atoms with Gasteiger partial charge in [-0.2, -0.15) is 5.10 Å². The van der Waals surface area contributed by atoms with Crippen LogP contribution in [0, 0.1) is 0 Å². The summed E-state index contributed by atoms with van der Waals surface area (Å²) >= 11 is 0. The Morgan fingerprint density at radius 2 is 1.73 bits per heavy atom. The predicted octanol–water partition coefficient (Wildman–Crippen LogP) is 6.90. The average molecular weight is 582 g/mol. The molecule has 211 valence electrons. The maximum Gasteiger partial charge on any atom is 0.238 e. The molecule has 3 aromatic carbocycles. The number of likely N-dealkylation sites (N-methyl/N-ethyl adjacent to an activating group) is 1. The summed E-state index contributed by atoms with van der Waals surface area (Å²) in [5.41, 5.74) is 6.49. The van der Waals surface area contributed by atoms with Crippen LogP contribution in [0.15, 0.2) is 94.8 Å². The maximum absolute atomic E-state index is 10.3. The fourth-order valence-corrected chi connectivity index (χ4v) is 5.91. The molecule has 1 unspecified atom stereocenters. The number of nitrogens with zero attached hydrogens (tertiary/aromatic N) is 4. The Labute approximate surface area is 248 Å². The van der Waals surface area contributed by atoms with Gasteiger partial charge in [-0.3, -0.25) is 0 Å². The molecule has 7 heteroatoms. The molecule has 0 aromatic heterocycles. The summed E-state index contributed by atoms with van der Waals surface area (Å²) in [6.45, 7) is 7.57. The minimum Gasteiger partial charge on any atom is -0.497 e. The molecule has 1 N–H and O–H groups in total. The van der Waals surface area contributed by atoms with Gasteiger partial charge in [-0.1, -0.05) is 30.3 Å². The Hall–Kier alpha value is -3.55. The van der Waals surface area contributed by atoms with Gasteiger partial charge >= 0.3 is 0 Å². The molecular weight excluding hydrogens is 543 g/mol. The second-order valence-corrected chi connectivity index (χ2v) is 10.5. The molecule has 6 nitrogen and oxygen atoms in total. The molecule has 1 saturated heterocycles. The van der Waals surface area contributed by atoms with Crippen LogP contribution in [0.5, 0.6) is 5.75 Å². The van der Waals surface area contributed by atoms with E-state index in [0.717, 1.165) is 37.5 Å². The SMILES string of the molecule is CCN1\C(=C/C=N/N=C(\O)c2ccccc2)C(C)(Cc2ccc(N3CCCCC3)cc2)c2cc(OC)ccc21.[Co]. The van der Waals surface area contributed by atoms with Crippen molar-refractivity contribution in [3.8, 4) is 5.75 Å². The van der Waals surface area contributed by atoms with E-state index in [-0.39, 0.29) is 28.1 Å². The van der Waals surface area contributed by atoms with Crippen molar-refractivity contribution in [2.75, 3.05) is 36.5 Å². The Morgan fingerprint density at radius 3 is 2.40 bits per heavy atom. The normalized spacial score (nSPS) is 20.1. The van der Waals surface area contributed by atoms with Crippen LogP contribution in [0.3, 0.4) is 0 Å². The van der Waals surface area contributed by atoms with Crippen molar-refractivity contribution < 1.29 is 26.6 Å². The topological polar surface area (TPSA) is 60.7 Å². The zero-order valence-corrected chi connectivity index (χ0v) is 24.6. The van der Waals surface area contributed by atoms with Crippen LogP contribution in [0.4, 0.5) is 11.4 Å². The zero-order chi connectivity index (χ0) is 27.2. The standard InChI is InChI=1S/C33H38N4O2.Co/c1-4-37-30-18-17-28(39-3)23-29(30)33(2,24-25-13-15-27(16-14-25)36-21-9-6-10-22-36)31(37)19-20-34-35-32(38)26-11-7-5-8-12-26;/h5,7-8,11-20,23H,4,6,9-10,21-22,24H2,1-3H3,(H,35,38);/b31-19-,34-20+;. The van der Waals surface area contributed by atoms with E-state index in [1.165, 1.54) is 41.8 Å². The molecule has 1 atom stereocenters. The van der Waals surface area contributed by atoms with Crippen molar-refractivity contribution in [2.24, 2.45) is 10.2 Å². The third-order valence-corrected chi connectivity index (χ3v) is 7.96. The number of aliphatic hydroxyl groups excluding tert-OH is 1. The fourth-order valence-electron chi connectivity index (χ4n) is 5.91. The fraction of sp³-hybridized carbons (Fsp3) is 0.333. The number of benzene rings is 3. The van der Waals surface area contributed by atoms with E-state index >= 15 is 0 Å². The average Bonchev–Trinajstić information content (AvgIpc) is 3.22. The summed E-state index contributed by atoms with van der Waals surface area (Å²) < 4.78 is 5.62. The summed E-state index contributed by atoms with van der Waals surface area (Å²) in [4.78, 5) is 4.83. The molecule has 2 aliphatic heterocycles. The van der Waals surface area contributed by atoms with Gasteiger partial charge in [0.1, 0.15) is 5.75 Å². The Bertz CT molecular complexity index is 1360. The van der Waals surface area contributed by atoms with Gasteiger partial charge in [0.25, 0.3) is 0 Å². The quantitative estimate of drug-likeness (QED) is 0.179. The van der Waals surface area contributed by atoms with E-state index in [2.05, 4.69) is 70.2 Å². The van der Waals surface area contributed by atoms with Crippen LogP contribution in [-0.4, -0.2) is 44.0 Å². The summed E-state index contributed by atoms with van der Waals surface area (Å²) in [5.74, 6) is 0.748. The first-order chi connectivity index (χ1) is 19.0. The van der Waals surface area contributed by atoms with Crippen molar-refractivity contribution in [1.82, 2.24) is 0 Å². The van der Waals surface area contributed by atoms with Crippen molar-refractivity contribution in [3.05, 3.63) is 101 Å². The number of fused-ring (bicyclic) bond motifs is 1. The van der Waals surface area contributed by atoms with Crippen LogP contribution in [0.25, 0.3) is 0 Å². The van der Waals surface area contributed by atoms with Crippen LogP contribution >= 0.6 is 0 Å². The third kappa shape index (κ3) is 6.11. The predicted molar refractivity (Wildman–Crippen MR) is 162 cm³/mol. The second kappa shape index (κ2) is 13.2. The van der Waals surface area contributed by atoms with Gasteiger partial charge in [0, 0.05) is 64.5 Å². The van der Waals surface area contributed by atoms with E-state index in [9.17, 15) is 5.11 Å². The molecule has 0 aliphatic carbocycles. The molecule has 1 radical (unpaired) electrons. The number of ether oxygens (including phenoxy) is 1. The third-order valence-electron chi connectivity index (χ3n) is 7.96. The van der Waals surface area contributed by atoms with Crippen molar-refractivity contribution in [3.63, 3.8) is 0 Å². The van der Waals surface area contributed by atoms with E-state index in [0.29, 0.717) is 5.56 Å². The molecule has 0 amide bonds. The minimum atomic E-state index is -0.302. The van der Waals surface area contributed by atoms with Gasteiger partial charge in [-0.05, 0) is 99.2 Å². The zero-order valence-electron chi connectivity index (χ0n) is 23.5. The Kier molecular flexibility index (Phi) is 9.71. The van der Waals surface area contributed by atoms with Crippen molar-refractivity contribution in [2.45, 2.75) is 44.9 Å². The number of rotatable bonds is 8. The number of piperidine rings is 1. The molecular formula is C33H38CoN4O2. The van der Waals surface area contributed by atoms with Crippen molar-refractivity contribution >= 4 is 23.5 Å². The number of anilines is 2. The summed E-state index contributed by atoms with van der Waals surface area (Å²) in [5, 5.41) is 18.5. The number of hydrogen-bond acceptors (Lipinski definition) is 5. The van der Waals surface area contributed by atoms with Crippen LogP contribution in [0.2, 0.25) is 0 Å². The van der Waals surface area contributed by atoms with Crippen LogP contribution in [0.1, 0.15) is 49.8 Å². The van der Waals surface area contributed by atoms with E-state index in [1.807, 2.05) is 30.3 Å². The largest absolute Gasteiger partial charge is 0.497 e. The van der Waals surface area contributed by atoms with Gasteiger partial charge in [-0.25, -0.2) is 0 Å². The van der Waals surface area contributed by atoms with E-state index < -0.39 is 0 Å². The monoisotopic (exact) mass is 581 g/mol. The van der Waals surface area contributed by atoms with Crippen LogP contribution in [-0.2, 0) is 28.6 Å². The maximum atomic E-state index is 10.3.